The number of carbonyl (C=O) groups excluding carboxylic acids is 1. The van der Waals surface area contributed by atoms with E-state index in [-0.39, 0.29) is 11.8 Å². The molecule has 1 aliphatic rings. The zero-order chi connectivity index (χ0) is 20.5. The Morgan fingerprint density at radius 3 is 2.90 bits per heavy atom. The number of likely N-dealkylation sites (tertiary alicyclic amines) is 1. The van der Waals surface area contributed by atoms with E-state index in [1.54, 1.807) is 12.4 Å². The van der Waals surface area contributed by atoms with Crippen LogP contribution in [-0.2, 0) is 0 Å². The third kappa shape index (κ3) is 3.54. The zero-order valence-electron chi connectivity index (χ0n) is 16.8. The van der Waals surface area contributed by atoms with Crippen LogP contribution < -0.4 is 0 Å². The van der Waals surface area contributed by atoms with Crippen LogP contribution in [0.2, 0.25) is 0 Å². The third-order valence-electron chi connectivity index (χ3n) is 5.55. The fourth-order valence-corrected chi connectivity index (χ4v) is 3.96. The fourth-order valence-electron chi connectivity index (χ4n) is 3.96. The molecule has 4 aromatic heterocycles. The van der Waals surface area contributed by atoms with Gasteiger partial charge in [0.25, 0.3) is 5.91 Å². The first-order chi connectivity index (χ1) is 14.7. The second kappa shape index (κ2) is 7.67. The number of amides is 1. The summed E-state index contributed by atoms with van der Waals surface area (Å²) >= 11 is 0. The molecule has 1 aliphatic heterocycles. The van der Waals surface area contributed by atoms with Crippen LogP contribution in [0.25, 0.3) is 16.8 Å². The number of pyridine rings is 3. The van der Waals surface area contributed by atoms with Gasteiger partial charge in [-0.15, -0.1) is 0 Å². The number of hydrogen-bond donors (Lipinski definition) is 0. The predicted molar refractivity (Wildman–Crippen MR) is 113 cm³/mol. The molecule has 0 N–H and O–H groups in total. The lowest BCUT2D eigenvalue weighted by atomic mass is 9.97. The molecule has 1 fully saturated rings. The highest BCUT2D eigenvalue weighted by Gasteiger charge is 2.28. The molecule has 1 unspecified atom stereocenters. The van der Waals surface area contributed by atoms with Crippen LogP contribution in [0.15, 0.2) is 61.2 Å². The Morgan fingerprint density at radius 1 is 1.13 bits per heavy atom. The van der Waals surface area contributed by atoms with Gasteiger partial charge in [-0.2, -0.15) is 5.10 Å². The van der Waals surface area contributed by atoms with Crippen molar-refractivity contribution in [1.82, 2.24) is 29.5 Å². The largest absolute Gasteiger partial charge is 0.337 e. The average molecular weight is 398 g/mol. The molecule has 0 aliphatic carbocycles. The van der Waals surface area contributed by atoms with Crippen molar-refractivity contribution < 1.29 is 4.79 Å². The highest BCUT2D eigenvalue weighted by molar-refractivity contribution is 5.92. The van der Waals surface area contributed by atoms with E-state index in [1.807, 2.05) is 65.1 Å². The van der Waals surface area contributed by atoms with Gasteiger partial charge in [-0.3, -0.25) is 14.8 Å². The van der Waals surface area contributed by atoms with Crippen LogP contribution in [0.3, 0.4) is 0 Å². The molecule has 4 aromatic rings. The number of nitrogens with zero attached hydrogens (tertiary/aromatic N) is 6. The molecular weight excluding hydrogens is 376 g/mol. The fraction of sp³-hybridized carbons (Fsp3) is 0.261. The summed E-state index contributed by atoms with van der Waals surface area (Å²) in [6.07, 6.45) is 9.16. The Labute approximate surface area is 174 Å². The molecule has 7 heteroatoms. The summed E-state index contributed by atoms with van der Waals surface area (Å²) in [4.78, 5) is 28.0. The number of aryl methyl sites for hydroxylation is 1. The maximum Gasteiger partial charge on any atom is 0.272 e. The molecule has 0 saturated carbocycles. The van der Waals surface area contributed by atoms with Gasteiger partial charge in [0, 0.05) is 54.9 Å². The number of fused-ring (bicyclic) bond motifs is 1. The van der Waals surface area contributed by atoms with Crippen molar-refractivity contribution in [3.05, 3.63) is 78.3 Å². The van der Waals surface area contributed by atoms with E-state index < -0.39 is 0 Å². The number of rotatable bonds is 3. The second-order valence-corrected chi connectivity index (χ2v) is 7.74. The second-order valence-electron chi connectivity index (χ2n) is 7.74. The third-order valence-corrected chi connectivity index (χ3v) is 5.55. The van der Waals surface area contributed by atoms with E-state index in [4.69, 9.17) is 10.1 Å². The summed E-state index contributed by atoms with van der Waals surface area (Å²) in [5.41, 5.74) is 4.42. The standard InChI is InChI=1S/C23H22N6O/c1-16-8-10-25-20(12-16)23(30)28-11-3-5-19(14-28)22-26-21-7-6-18(15-29(21)27-22)17-4-2-9-24-13-17/h2,4,6-10,12-13,15,19H,3,5,11,14H2,1H3. The Morgan fingerprint density at radius 2 is 2.07 bits per heavy atom. The smallest absolute Gasteiger partial charge is 0.272 e. The summed E-state index contributed by atoms with van der Waals surface area (Å²) in [6.45, 7) is 3.32. The summed E-state index contributed by atoms with van der Waals surface area (Å²) in [5.74, 6) is 0.883. The SMILES string of the molecule is Cc1ccnc(C(=O)N2CCCC(c3nc4ccc(-c5cccnc5)cn4n3)C2)c1. The van der Waals surface area contributed by atoms with Gasteiger partial charge in [-0.05, 0) is 55.7 Å². The van der Waals surface area contributed by atoms with Crippen molar-refractivity contribution in [2.24, 2.45) is 0 Å². The molecule has 1 amide bonds. The van der Waals surface area contributed by atoms with E-state index in [9.17, 15) is 4.79 Å². The molecule has 5 heterocycles. The average Bonchev–Trinajstić information content (AvgIpc) is 3.23. The highest BCUT2D eigenvalue weighted by Crippen LogP contribution is 2.27. The quantitative estimate of drug-likeness (QED) is 0.528. The number of aromatic nitrogens is 5. The van der Waals surface area contributed by atoms with Crippen LogP contribution in [0.4, 0.5) is 0 Å². The highest BCUT2D eigenvalue weighted by atomic mass is 16.2. The van der Waals surface area contributed by atoms with Crippen molar-refractivity contribution in [1.29, 1.82) is 0 Å². The lowest BCUT2D eigenvalue weighted by Gasteiger charge is -2.31. The van der Waals surface area contributed by atoms with Crippen molar-refractivity contribution in [2.75, 3.05) is 13.1 Å². The molecule has 0 aromatic carbocycles. The first kappa shape index (κ1) is 18.4. The van der Waals surface area contributed by atoms with Gasteiger partial charge in [0.1, 0.15) is 5.69 Å². The van der Waals surface area contributed by atoms with Crippen molar-refractivity contribution in [2.45, 2.75) is 25.7 Å². The normalized spacial score (nSPS) is 16.7. The van der Waals surface area contributed by atoms with Crippen molar-refractivity contribution >= 4 is 11.6 Å². The molecule has 0 radical (unpaired) electrons. The van der Waals surface area contributed by atoms with E-state index >= 15 is 0 Å². The van der Waals surface area contributed by atoms with Gasteiger partial charge in [0.05, 0.1) is 0 Å². The number of carbonyl (C=O) groups is 1. The van der Waals surface area contributed by atoms with E-state index in [2.05, 4.69) is 9.97 Å². The monoisotopic (exact) mass is 398 g/mol. The maximum absolute atomic E-state index is 12.9. The Balaban J connectivity index is 1.39. The zero-order valence-corrected chi connectivity index (χ0v) is 16.8. The summed E-state index contributed by atoms with van der Waals surface area (Å²) < 4.78 is 1.82. The van der Waals surface area contributed by atoms with Gasteiger partial charge < -0.3 is 4.90 Å². The lowest BCUT2D eigenvalue weighted by Crippen LogP contribution is -2.39. The van der Waals surface area contributed by atoms with Crippen LogP contribution in [-0.4, -0.2) is 48.5 Å². The van der Waals surface area contributed by atoms with Gasteiger partial charge in [-0.1, -0.05) is 6.07 Å². The van der Waals surface area contributed by atoms with Crippen LogP contribution in [0.5, 0.6) is 0 Å². The molecule has 150 valence electrons. The molecule has 0 bridgehead atoms. The summed E-state index contributed by atoms with van der Waals surface area (Å²) in [6, 6.07) is 11.7. The van der Waals surface area contributed by atoms with Gasteiger partial charge in [0.15, 0.2) is 11.5 Å². The van der Waals surface area contributed by atoms with Crippen LogP contribution in [0.1, 0.15) is 40.6 Å². The Bertz CT molecular complexity index is 1200. The molecule has 30 heavy (non-hydrogen) atoms. The summed E-state index contributed by atoms with van der Waals surface area (Å²) in [7, 11) is 0. The predicted octanol–water partition coefficient (Wildman–Crippen LogP) is 3.51. The Hall–Kier alpha value is -3.61. The lowest BCUT2D eigenvalue weighted by molar-refractivity contribution is 0.0698. The van der Waals surface area contributed by atoms with E-state index in [1.165, 1.54) is 0 Å². The minimum absolute atomic E-state index is 0.0222. The van der Waals surface area contributed by atoms with Gasteiger partial charge in [-0.25, -0.2) is 9.50 Å². The molecular formula is C23H22N6O. The van der Waals surface area contributed by atoms with Crippen molar-refractivity contribution in [3.8, 4) is 11.1 Å². The van der Waals surface area contributed by atoms with E-state index in [0.29, 0.717) is 12.2 Å². The molecule has 1 saturated heterocycles. The van der Waals surface area contributed by atoms with Crippen molar-refractivity contribution in [3.63, 3.8) is 0 Å². The topological polar surface area (TPSA) is 76.3 Å². The van der Waals surface area contributed by atoms with Crippen LogP contribution >= 0.6 is 0 Å². The first-order valence-corrected chi connectivity index (χ1v) is 10.2. The number of piperidine rings is 1. The molecule has 7 nitrogen and oxygen atoms in total. The van der Waals surface area contributed by atoms with Gasteiger partial charge in [0.2, 0.25) is 0 Å². The minimum Gasteiger partial charge on any atom is -0.337 e. The van der Waals surface area contributed by atoms with Crippen LogP contribution in [0, 0.1) is 6.92 Å². The number of hydrogen-bond acceptors (Lipinski definition) is 5. The maximum atomic E-state index is 12.9. The van der Waals surface area contributed by atoms with E-state index in [0.717, 1.165) is 47.5 Å². The Kier molecular flexibility index (Phi) is 4.71. The molecule has 0 spiro atoms. The molecule has 1 atom stereocenters. The van der Waals surface area contributed by atoms with Gasteiger partial charge >= 0.3 is 0 Å². The first-order valence-electron chi connectivity index (χ1n) is 10.2. The molecule has 5 rings (SSSR count). The summed E-state index contributed by atoms with van der Waals surface area (Å²) in [5, 5.41) is 4.73. The minimum atomic E-state index is -0.0222.